The summed E-state index contributed by atoms with van der Waals surface area (Å²) in [5.41, 5.74) is 7.77. The van der Waals surface area contributed by atoms with Crippen LogP contribution in [0.25, 0.3) is 0 Å². The highest BCUT2D eigenvalue weighted by Crippen LogP contribution is 2.32. The Bertz CT molecular complexity index is 489. The van der Waals surface area contributed by atoms with E-state index in [1.807, 2.05) is 0 Å². The van der Waals surface area contributed by atoms with Gasteiger partial charge in [-0.1, -0.05) is 12.8 Å². The Morgan fingerprint density at radius 1 is 0.562 bits per heavy atom. The molecule has 0 aliphatic carbocycles. The van der Waals surface area contributed by atoms with E-state index >= 15 is 0 Å². The Morgan fingerprint density at radius 2 is 0.844 bits per heavy atom. The highest BCUT2D eigenvalue weighted by molar-refractivity contribution is 5.00. The van der Waals surface area contributed by atoms with Crippen LogP contribution in [-0.2, 0) is 0 Å². The minimum atomic E-state index is 0.190. The SMILES string of the molecule is CNN(CCCCCCN(NC)C1CC(C)(C)NC(C)(C)C1)C1CC(C)(C)NC(C)(C)C1. The number of nitrogens with zero attached hydrogens (tertiary/aromatic N) is 2. The molecule has 0 aromatic heterocycles. The van der Waals surface area contributed by atoms with Gasteiger partial charge in [0.1, 0.15) is 0 Å². The fourth-order valence-corrected chi connectivity index (χ4v) is 6.85. The van der Waals surface area contributed by atoms with Gasteiger partial charge in [-0.15, -0.1) is 0 Å². The van der Waals surface area contributed by atoms with Gasteiger partial charge in [0, 0.05) is 47.3 Å². The molecule has 0 aromatic rings. The molecule has 6 heteroatoms. The van der Waals surface area contributed by atoms with Crippen LogP contribution < -0.4 is 21.5 Å². The molecule has 0 bridgehead atoms. The van der Waals surface area contributed by atoms with Crippen molar-refractivity contribution < 1.29 is 0 Å². The van der Waals surface area contributed by atoms with Gasteiger partial charge in [0.05, 0.1) is 0 Å². The zero-order valence-electron chi connectivity index (χ0n) is 23.1. The summed E-state index contributed by atoms with van der Waals surface area (Å²) in [6, 6.07) is 1.19. The summed E-state index contributed by atoms with van der Waals surface area (Å²) in [5, 5.41) is 12.6. The highest BCUT2D eigenvalue weighted by atomic mass is 15.5. The van der Waals surface area contributed by atoms with Crippen molar-refractivity contribution in [1.29, 1.82) is 0 Å². The largest absolute Gasteiger partial charge is 0.307 e. The molecule has 0 saturated carbocycles. The average molecular weight is 453 g/mol. The predicted octanol–water partition coefficient (Wildman–Crippen LogP) is 4.04. The molecule has 32 heavy (non-hydrogen) atoms. The third-order valence-electron chi connectivity index (χ3n) is 7.34. The molecule has 190 valence electrons. The van der Waals surface area contributed by atoms with E-state index < -0.39 is 0 Å². The van der Waals surface area contributed by atoms with Crippen LogP contribution >= 0.6 is 0 Å². The summed E-state index contributed by atoms with van der Waals surface area (Å²) < 4.78 is 0. The first-order chi connectivity index (χ1) is 14.7. The van der Waals surface area contributed by atoms with Gasteiger partial charge in [0.25, 0.3) is 0 Å². The first-order valence-corrected chi connectivity index (χ1v) is 13.1. The minimum absolute atomic E-state index is 0.190. The van der Waals surface area contributed by atoms with Crippen molar-refractivity contribution in [2.45, 2.75) is 141 Å². The lowest BCUT2D eigenvalue weighted by molar-refractivity contribution is 0.0355. The number of rotatable bonds is 11. The maximum absolute atomic E-state index is 3.81. The number of hydrogen-bond donors (Lipinski definition) is 4. The summed E-state index contributed by atoms with van der Waals surface area (Å²) in [5.74, 6) is 0. The monoisotopic (exact) mass is 452 g/mol. The lowest BCUT2D eigenvalue weighted by Gasteiger charge is -2.49. The van der Waals surface area contributed by atoms with Crippen LogP contribution in [0.2, 0.25) is 0 Å². The van der Waals surface area contributed by atoms with E-state index in [-0.39, 0.29) is 22.2 Å². The summed E-state index contributed by atoms with van der Waals surface area (Å²) in [4.78, 5) is 0. The Labute approximate surface area is 200 Å². The molecule has 2 heterocycles. The first-order valence-electron chi connectivity index (χ1n) is 13.1. The van der Waals surface area contributed by atoms with Gasteiger partial charge in [-0.05, 0) is 108 Å². The van der Waals surface area contributed by atoms with Crippen molar-refractivity contribution in [3.05, 3.63) is 0 Å². The summed E-state index contributed by atoms with van der Waals surface area (Å²) >= 11 is 0. The third-order valence-corrected chi connectivity index (χ3v) is 7.34. The van der Waals surface area contributed by atoms with Crippen molar-refractivity contribution >= 4 is 0 Å². The van der Waals surface area contributed by atoms with Crippen LogP contribution in [0.3, 0.4) is 0 Å². The van der Waals surface area contributed by atoms with Crippen molar-refractivity contribution in [3.63, 3.8) is 0 Å². The summed E-state index contributed by atoms with van der Waals surface area (Å²) in [6.45, 7) is 21.0. The molecular formula is C26H56N6. The van der Waals surface area contributed by atoms with Gasteiger partial charge in [-0.3, -0.25) is 10.9 Å². The molecule has 0 radical (unpaired) electrons. The first kappa shape index (κ1) is 28.0. The Morgan fingerprint density at radius 3 is 1.09 bits per heavy atom. The van der Waals surface area contributed by atoms with Crippen LogP contribution in [0.5, 0.6) is 0 Å². The topological polar surface area (TPSA) is 54.6 Å². The highest BCUT2D eigenvalue weighted by Gasteiger charge is 2.40. The van der Waals surface area contributed by atoms with Crippen molar-refractivity contribution in [1.82, 2.24) is 31.5 Å². The average Bonchev–Trinajstić information content (AvgIpc) is 2.58. The number of hydrazine groups is 2. The molecule has 2 rings (SSSR count). The van der Waals surface area contributed by atoms with E-state index in [0.29, 0.717) is 12.1 Å². The van der Waals surface area contributed by atoms with Crippen LogP contribution in [0.4, 0.5) is 0 Å². The van der Waals surface area contributed by atoms with E-state index in [4.69, 9.17) is 0 Å². The lowest BCUT2D eigenvalue weighted by atomic mass is 9.79. The Hall–Kier alpha value is -0.240. The standard InChI is InChI=1S/C26H56N6/c1-23(2)17-21(18-24(3,4)29-23)31(27-9)15-13-11-12-14-16-32(28-10)22-19-25(5,6)30-26(7,8)20-22/h21-22,27-30H,11-20H2,1-10H3. The van der Waals surface area contributed by atoms with Crippen molar-refractivity contribution in [3.8, 4) is 0 Å². The van der Waals surface area contributed by atoms with E-state index in [1.165, 1.54) is 51.4 Å². The molecular weight excluding hydrogens is 396 g/mol. The smallest absolute Gasteiger partial charge is 0.0278 e. The maximum atomic E-state index is 3.81. The molecule has 0 spiro atoms. The Balaban J connectivity index is 1.73. The van der Waals surface area contributed by atoms with Crippen LogP contribution in [-0.4, -0.2) is 71.4 Å². The van der Waals surface area contributed by atoms with Gasteiger partial charge in [-0.2, -0.15) is 0 Å². The van der Waals surface area contributed by atoms with Crippen LogP contribution in [0.15, 0.2) is 0 Å². The van der Waals surface area contributed by atoms with E-state index in [9.17, 15) is 0 Å². The molecule has 2 aliphatic rings. The molecule has 0 unspecified atom stereocenters. The van der Waals surface area contributed by atoms with Gasteiger partial charge in [0.2, 0.25) is 0 Å². The second-order valence-corrected chi connectivity index (χ2v) is 13.2. The second-order valence-electron chi connectivity index (χ2n) is 13.2. The fraction of sp³-hybridized carbons (Fsp3) is 1.00. The predicted molar refractivity (Wildman–Crippen MR) is 139 cm³/mol. The fourth-order valence-electron chi connectivity index (χ4n) is 6.85. The van der Waals surface area contributed by atoms with Crippen molar-refractivity contribution in [2.75, 3.05) is 27.2 Å². The van der Waals surface area contributed by atoms with E-state index in [2.05, 4.69) is 101 Å². The van der Waals surface area contributed by atoms with Crippen LogP contribution in [0, 0.1) is 0 Å². The molecule has 0 aromatic carbocycles. The summed E-state index contributed by atoms with van der Waals surface area (Å²) in [6.07, 6.45) is 9.90. The molecule has 2 aliphatic heterocycles. The number of piperidine rings is 2. The van der Waals surface area contributed by atoms with Gasteiger partial charge < -0.3 is 10.6 Å². The van der Waals surface area contributed by atoms with Gasteiger partial charge in [0.15, 0.2) is 0 Å². The third kappa shape index (κ3) is 8.84. The molecule has 0 atom stereocenters. The Kier molecular flexibility index (Phi) is 9.63. The molecule has 4 N–H and O–H groups in total. The quantitative estimate of drug-likeness (QED) is 0.280. The zero-order chi connectivity index (χ0) is 24.2. The van der Waals surface area contributed by atoms with E-state index in [1.54, 1.807) is 0 Å². The summed E-state index contributed by atoms with van der Waals surface area (Å²) in [7, 11) is 4.18. The van der Waals surface area contributed by atoms with Gasteiger partial charge >= 0.3 is 0 Å². The van der Waals surface area contributed by atoms with Crippen LogP contribution in [0.1, 0.15) is 107 Å². The molecule has 0 amide bonds. The molecule has 2 saturated heterocycles. The number of hydrogen-bond acceptors (Lipinski definition) is 6. The number of unbranched alkanes of at least 4 members (excludes halogenated alkanes) is 3. The normalized spacial score (nSPS) is 25.5. The number of nitrogens with one attached hydrogen (secondary N) is 4. The van der Waals surface area contributed by atoms with Gasteiger partial charge in [-0.25, -0.2) is 10.0 Å². The van der Waals surface area contributed by atoms with Crippen molar-refractivity contribution in [2.24, 2.45) is 0 Å². The van der Waals surface area contributed by atoms with E-state index in [0.717, 1.165) is 13.1 Å². The molecule has 6 nitrogen and oxygen atoms in total. The molecule has 2 fully saturated rings. The minimum Gasteiger partial charge on any atom is -0.307 e. The zero-order valence-corrected chi connectivity index (χ0v) is 23.1. The lowest BCUT2D eigenvalue weighted by Crippen LogP contribution is -2.63. The maximum Gasteiger partial charge on any atom is 0.0278 e. The second kappa shape index (κ2) is 11.0.